The molecule has 0 aromatic rings. The molecule has 0 saturated heterocycles. The van der Waals surface area contributed by atoms with Crippen LogP contribution >= 0.6 is 0 Å². The third-order valence-corrected chi connectivity index (χ3v) is 1.30. The molecule has 0 amide bonds. The predicted molar refractivity (Wildman–Crippen MR) is 51.5 cm³/mol. The number of hydrogen-bond donors (Lipinski definition) is 0. The van der Waals surface area contributed by atoms with Gasteiger partial charge in [-0.2, -0.15) is 0 Å². The summed E-state index contributed by atoms with van der Waals surface area (Å²) in [4.78, 5) is 0. The van der Waals surface area contributed by atoms with Gasteiger partial charge < -0.3 is 0 Å². The van der Waals surface area contributed by atoms with Gasteiger partial charge in [0.05, 0.1) is 0 Å². The fraction of sp³-hybridized carbons (Fsp3) is 0.364. The summed E-state index contributed by atoms with van der Waals surface area (Å²) in [6.45, 7) is 5.65. The molecule has 0 bridgehead atoms. The molecule has 0 fully saturated rings. The molecular formula is C11H16. The van der Waals surface area contributed by atoms with E-state index >= 15 is 0 Å². The lowest BCUT2D eigenvalue weighted by molar-refractivity contribution is 0.815. The van der Waals surface area contributed by atoms with Crippen LogP contribution in [-0.2, 0) is 0 Å². The summed E-state index contributed by atoms with van der Waals surface area (Å²) >= 11 is 0. The van der Waals surface area contributed by atoms with Crippen LogP contribution in [0.4, 0.5) is 0 Å². The smallest absolute Gasteiger partial charge is 0.0206 e. The van der Waals surface area contributed by atoms with Crippen molar-refractivity contribution in [3.63, 3.8) is 0 Å². The zero-order chi connectivity index (χ0) is 8.36. The van der Waals surface area contributed by atoms with Crippen LogP contribution in [0.1, 0.15) is 26.2 Å². The average molecular weight is 148 g/mol. The van der Waals surface area contributed by atoms with E-state index in [-0.39, 0.29) is 0 Å². The quantitative estimate of drug-likeness (QED) is 0.317. The highest BCUT2D eigenvalue weighted by Crippen LogP contribution is 1.94. The second kappa shape index (κ2) is 9.00. The van der Waals surface area contributed by atoms with E-state index in [1.165, 1.54) is 19.3 Å². The van der Waals surface area contributed by atoms with Crippen molar-refractivity contribution >= 4 is 0 Å². The van der Waals surface area contributed by atoms with Crippen molar-refractivity contribution in [2.75, 3.05) is 0 Å². The number of allylic oxidation sites excluding steroid dienone is 5. The molecule has 0 atom stereocenters. The van der Waals surface area contributed by atoms with Gasteiger partial charge in [0.1, 0.15) is 0 Å². The van der Waals surface area contributed by atoms with Crippen LogP contribution in [0.5, 0.6) is 0 Å². The van der Waals surface area contributed by atoms with Crippen LogP contribution in [0.2, 0.25) is 0 Å². The monoisotopic (exact) mass is 148 g/mol. The molecule has 0 radical (unpaired) electrons. The largest absolute Gasteiger partial charge is 0.129 e. The molecule has 0 aromatic carbocycles. The van der Waals surface area contributed by atoms with Crippen molar-refractivity contribution in [2.24, 2.45) is 0 Å². The highest BCUT2D eigenvalue weighted by atomic mass is 13.8. The van der Waals surface area contributed by atoms with Crippen molar-refractivity contribution in [1.82, 2.24) is 0 Å². The predicted octanol–water partition coefficient (Wildman–Crippen LogP) is 3.63. The Morgan fingerprint density at radius 3 is 2.73 bits per heavy atom. The summed E-state index contributed by atoms with van der Waals surface area (Å²) in [6, 6.07) is 0. The first-order valence-electron chi connectivity index (χ1n) is 4.09. The minimum absolute atomic E-state index is 1.18. The summed E-state index contributed by atoms with van der Waals surface area (Å²) in [7, 11) is 0. The second-order valence-corrected chi connectivity index (χ2v) is 2.33. The van der Waals surface area contributed by atoms with E-state index in [1.807, 2.05) is 12.2 Å². The van der Waals surface area contributed by atoms with Gasteiger partial charge in [-0.15, -0.1) is 5.73 Å². The Hall–Kier alpha value is -1.00. The van der Waals surface area contributed by atoms with Crippen LogP contribution in [-0.4, -0.2) is 0 Å². The van der Waals surface area contributed by atoms with Gasteiger partial charge in [-0.1, -0.05) is 50.6 Å². The van der Waals surface area contributed by atoms with E-state index in [4.69, 9.17) is 0 Å². The Morgan fingerprint density at radius 1 is 1.27 bits per heavy atom. The van der Waals surface area contributed by atoms with Gasteiger partial charge in [0.15, 0.2) is 0 Å². The molecule has 0 aliphatic rings. The Kier molecular flexibility index (Phi) is 8.18. The highest BCUT2D eigenvalue weighted by molar-refractivity contribution is 5.09. The van der Waals surface area contributed by atoms with Crippen molar-refractivity contribution < 1.29 is 0 Å². The van der Waals surface area contributed by atoms with E-state index < -0.39 is 0 Å². The van der Waals surface area contributed by atoms with Crippen molar-refractivity contribution in [2.45, 2.75) is 26.2 Å². The lowest BCUT2D eigenvalue weighted by atomic mass is 10.2. The zero-order valence-electron chi connectivity index (χ0n) is 7.22. The van der Waals surface area contributed by atoms with Gasteiger partial charge in [0, 0.05) is 0 Å². The highest BCUT2D eigenvalue weighted by Gasteiger charge is 1.74. The fourth-order valence-electron chi connectivity index (χ4n) is 0.685. The maximum Gasteiger partial charge on any atom is -0.0206 e. The first-order valence-corrected chi connectivity index (χ1v) is 4.09. The molecule has 0 rings (SSSR count). The molecule has 0 nitrogen and oxygen atoms in total. The summed E-state index contributed by atoms with van der Waals surface area (Å²) in [5.74, 6) is 0. The molecule has 0 heterocycles. The Morgan fingerprint density at radius 2 is 2.09 bits per heavy atom. The lowest BCUT2D eigenvalue weighted by Crippen LogP contribution is -1.64. The standard InChI is InChI=1S/C11H16/c1-3-5-7-9-11-10-8-6-4-2/h5,7,9-11H,1,4,6,8H2,2H3. The summed E-state index contributed by atoms with van der Waals surface area (Å²) in [5, 5.41) is 0. The topological polar surface area (TPSA) is 0 Å². The van der Waals surface area contributed by atoms with Crippen LogP contribution < -0.4 is 0 Å². The van der Waals surface area contributed by atoms with Gasteiger partial charge in [-0.05, 0) is 12.5 Å². The van der Waals surface area contributed by atoms with Crippen molar-refractivity contribution in [3.05, 3.63) is 42.7 Å². The van der Waals surface area contributed by atoms with E-state index in [0.717, 1.165) is 0 Å². The van der Waals surface area contributed by atoms with Crippen molar-refractivity contribution in [1.29, 1.82) is 0 Å². The molecule has 0 aromatic heterocycles. The first kappa shape index (κ1) is 10.0. The molecule has 0 spiro atoms. The van der Waals surface area contributed by atoms with Crippen molar-refractivity contribution in [3.8, 4) is 0 Å². The molecule has 0 unspecified atom stereocenters. The summed E-state index contributed by atoms with van der Waals surface area (Å²) in [6.07, 6.45) is 13.7. The minimum atomic E-state index is 1.18. The molecule has 11 heavy (non-hydrogen) atoms. The van der Waals surface area contributed by atoms with Crippen LogP contribution in [0.3, 0.4) is 0 Å². The zero-order valence-corrected chi connectivity index (χ0v) is 7.22. The Labute approximate surface area is 69.6 Å². The van der Waals surface area contributed by atoms with E-state index in [0.29, 0.717) is 0 Å². The van der Waals surface area contributed by atoms with E-state index in [1.54, 1.807) is 6.08 Å². The molecule has 60 valence electrons. The normalized spacial score (nSPS) is 10.6. The minimum Gasteiger partial charge on any atom is -0.129 e. The molecule has 0 saturated carbocycles. The fourth-order valence-corrected chi connectivity index (χ4v) is 0.685. The number of hydrogen-bond acceptors (Lipinski definition) is 0. The summed E-state index contributed by atoms with van der Waals surface area (Å²) in [5.41, 5.74) is 2.67. The number of unbranched alkanes of at least 4 members (excludes halogenated alkanes) is 2. The van der Waals surface area contributed by atoms with Gasteiger partial charge >= 0.3 is 0 Å². The van der Waals surface area contributed by atoms with Gasteiger partial charge in [-0.3, -0.25) is 0 Å². The van der Waals surface area contributed by atoms with E-state index in [2.05, 4.69) is 31.4 Å². The van der Waals surface area contributed by atoms with E-state index in [9.17, 15) is 0 Å². The first-order chi connectivity index (χ1) is 5.41. The maximum atomic E-state index is 3.45. The molecule has 0 heteroatoms. The Balaban J connectivity index is 3.35. The SMILES string of the molecule is C=C=CC=CC=CCCCC. The maximum absolute atomic E-state index is 3.45. The third kappa shape index (κ3) is 9.00. The molecule has 0 aliphatic carbocycles. The molecule has 0 aliphatic heterocycles. The number of rotatable bonds is 5. The lowest BCUT2D eigenvalue weighted by Gasteiger charge is -1.84. The summed E-state index contributed by atoms with van der Waals surface area (Å²) < 4.78 is 0. The Bertz CT molecular complexity index is 166. The third-order valence-electron chi connectivity index (χ3n) is 1.30. The van der Waals surface area contributed by atoms with Gasteiger partial charge in [0.25, 0.3) is 0 Å². The molecular weight excluding hydrogens is 132 g/mol. The second-order valence-electron chi connectivity index (χ2n) is 2.33. The molecule has 0 N–H and O–H groups in total. The van der Waals surface area contributed by atoms with Gasteiger partial charge in [0.2, 0.25) is 0 Å². The van der Waals surface area contributed by atoms with Crippen LogP contribution in [0.25, 0.3) is 0 Å². The van der Waals surface area contributed by atoms with Crippen LogP contribution in [0.15, 0.2) is 42.7 Å². The van der Waals surface area contributed by atoms with Crippen LogP contribution in [0, 0.1) is 0 Å². The average Bonchev–Trinajstić information content (AvgIpc) is 2.03. The van der Waals surface area contributed by atoms with Gasteiger partial charge in [-0.25, -0.2) is 0 Å².